The second-order valence-corrected chi connectivity index (χ2v) is 5.61. The van der Waals surface area contributed by atoms with Crippen molar-refractivity contribution in [2.75, 3.05) is 13.1 Å². The largest absolute Gasteiger partial charge is 0.452 e. The van der Waals surface area contributed by atoms with Gasteiger partial charge in [-0.2, -0.15) is 5.92 Å². The quantitative estimate of drug-likeness (QED) is 0.802. The second-order valence-electron chi connectivity index (χ2n) is 5.61. The number of nitrogens with one attached hydrogen (secondary N) is 1. The Hall–Kier alpha value is 1.02. The van der Waals surface area contributed by atoms with Gasteiger partial charge < -0.3 is 17.1 Å². The van der Waals surface area contributed by atoms with Gasteiger partial charge in [0, 0.05) is 38.8 Å². The molecule has 3 rings (SSSR count). The van der Waals surface area contributed by atoms with Gasteiger partial charge in [-0.1, -0.05) is 20.8 Å². The molecule has 3 aliphatic heterocycles. The Labute approximate surface area is 132 Å². The van der Waals surface area contributed by atoms with Gasteiger partial charge in [-0.25, -0.2) is 6.42 Å². The molecule has 0 spiro atoms. The van der Waals surface area contributed by atoms with Gasteiger partial charge in [0.15, 0.2) is 0 Å². The van der Waals surface area contributed by atoms with Gasteiger partial charge in [0.2, 0.25) is 0 Å². The molecule has 3 heterocycles. The number of piperidine rings is 3. The Morgan fingerprint density at radius 3 is 2.71 bits per heavy atom. The third-order valence-electron chi connectivity index (χ3n) is 4.32. The summed E-state index contributed by atoms with van der Waals surface area (Å²) in [5.41, 5.74) is 0. The second kappa shape index (κ2) is 6.98. The fourth-order valence-corrected chi connectivity index (χ4v) is 3.69. The summed E-state index contributed by atoms with van der Waals surface area (Å²) >= 11 is 0. The van der Waals surface area contributed by atoms with Crippen molar-refractivity contribution in [2.45, 2.75) is 45.7 Å². The van der Waals surface area contributed by atoms with Crippen molar-refractivity contribution in [1.82, 2.24) is 10.2 Å². The van der Waals surface area contributed by atoms with Crippen molar-refractivity contribution in [3.63, 3.8) is 0 Å². The topological polar surface area (TPSA) is 15.3 Å². The molecule has 1 N–H and O–H groups in total. The predicted molar refractivity (Wildman–Crippen MR) is 68.7 cm³/mol. The van der Waals surface area contributed by atoms with E-state index in [2.05, 4.69) is 44.5 Å². The van der Waals surface area contributed by atoms with E-state index in [0.717, 1.165) is 24.8 Å². The molecule has 2 nitrogen and oxygen atoms in total. The van der Waals surface area contributed by atoms with Crippen LogP contribution in [0.2, 0.25) is 0 Å². The van der Waals surface area contributed by atoms with Crippen molar-refractivity contribution >= 4 is 0 Å². The molecule has 0 aromatic carbocycles. The van der Waals surface area contributed by atoms with Gasteiger partial charge in [0.05, 0.1) is 0 Å². The zero-order valence-electron chi connectivity index (χ0n) is 11.5. The first-order chi connectivity index (χ1) is 7.69. The standard InChI is InChI=1S/C14H26N2.Y/c1-5-11-9-16-8-7-12(11)13(15-6-2)14(16)10(3)4;/h9-15H,1,5-8H2,2-4H3;/q-2;. The van der Waals surface area contributed by atoms with Crippen LogP contribution in [-0.2, 0) is 32.7 Å². The molecule has 0 saturated carbocycles. The van der Waals surface area contributed by atoms with E-state index in [1.165, 1.54) is 13.0 Å². The van der Waals surface area contributed by atoms with Crippen LogP contribution in [0.1, 0.15) is 33.6 Å². The molecule has 3 saturated heterocycles. The zero-order chi connectivity index (χ0) is 11.7. The van der Waals surface area contributed by atoms with E-state index in [0.29, 0.717) is 18.0 Å². The molecule has 5 unspecified atom stereocenters. The molecule has 3 heteroatoms. The van der Waals surface area contributed by atoms with E-state index in [1.807, 2.05) is 0 Å². The summed E-state index contributed by atoms with van der Waals surface area (Å²) in [6.45, 7) is 15.8. The van der Waals surface area contributed by atoms with Gasteiger partial charge in [0.1, 0.15) is 0 Å². The average Bonchev–Trinajstić information content (AvgIpc) is 2.29. The summed E-state index contributed by atoms with van der Waals surface area (Å²) in [6, 6.07) is 1.37. The monoisotopic (exact) mass is 311 g/mol. The molecule has 0 aromatic rings. The van der Waals surface area contributed by atoms with Crippen LogP contribution >= 0.6 is 0 Å². The predicted octanol–water partition coefficient (Wildman–Crippen LogP) is 2.32. The fourth-order valence-electron chi connectivity index (χ4n) is 3.69. The minimum atomic E-state index is 0. The number of fused-ring (bicyclic) bond motifs is 3. The maximum atomic E-state index is 4.11. The van der Waals surface area contributed by atoms with Crippen molar-refractivity contribution < 1.29 is 32.7 Å². The molecular weight excluding hydrogens is 285 g/mol. The van der Waals surface area contributed by atoms with E-state index in [1.54, 1.807) is 0 Å². The van der Waals surface area contributed by atoms with E-state index in [-0.39, 0.29) is 32.7 Å². The van der Waals surface area contributed by atoms with E-state index in [9.17, 15) is 0 Å². The molecule has 0 aliphatic carbocycles. The van der Waals surface area contributed by atoms with Crippen LogP contribution in [0.15, 0.2) is 0 Å². The van der Waals surface area contributed by atoms with E-state index >= 15 is 0 Å². The van der Waals surface area contributed by atoms with Crippen molar-refractivity contribution in [3.8, 4) is 0 Å². The molecule has 0 amide bonds. The minimum absolute atomic E-state index is 0. The zero-order valence-corrected chi connectivity index (χ0v) is 14.4. The molecule has 1 radical (unpaired) electrons. The number of nitrogens with zero attached hydrogens (tertiary/aromatic N) is 1. The van der Waals surface area contributed by atoms with Crippen molar-refractivity contribution in [1.29, 1.82) is 0 Å². The van der Waals surface area contributed by atoms with Gasteiger partial charge >= 0.3 is 0 Å². The van der Waals surface area contributed by atoms with Crippen LogP contribution in [0.3, 0.4) is 0 Å². The van der Waals surface area contributed by atoms with Gasteiger partial charge in [-0.3, -0.25) is 6.54 Å². The molecule has 3 aliphatic rings. The third-order valence-corrected chi connectivity index (χ3v) is 4.32. The Kier molecular flexibility index (Phi) is 6.60. The summed E-state index contributed by atoms with van der Waals surface area (Å²) in [5.74, 6) is 2.25. The average molecular weight is 311 g/mol. The summed E-state index contributed by atoms with van der Waals surface area (Å²) in [5, 5.41) is 3.72. The molecule has 3 fully saturated rings. The Morgan fingerprint density at radius 1 is 1.47 bits per heavy atom. The van der Waals surface area contributed by atoms with Crippen LogP contribution < -0.4 is 5.32 Å². The normalized spacial score (nSPS) is 40.4. The summed E-state index contributed by atoms with van der Waals surface area (Å²) in [7, 11) is 0. The molecule has 17 heavy (non-hydrogen) atoms. The molecule has 97 valence electrons. The maximum Gasteiger partial charge on any atom is 0.0208 e. The van der Waals surface area contributed by atoms with Crippen LogP contribution in [0, 0.1) is 31.2 Å². The first-order valence-corrected chi connectivity index (χ1v) is 6.82. The SMILES string of the molecule is [CH2-]CC1[CH-]N2CCC1C(NCC)C2C(C)C.[Y]. The van der Waals surface area contributed by atoms with Crippen molar-refractivity contribution in [3.05, 3.63) is 13.5 Å². The first kappa shape index (κ1) is 16.1. The number of likely N-dealkylation sites (N-methyl/N-ethyl adjacent to an activating group) is 1. The Morgan fingerprint density at radius 2 is 2.18 bits per heavy atom. The van der Waals surface area contributed by atoms with Crippen LogP contribution in [0.4, 0.5) is 0 Å². The molecule has 0 aromatic heterocycles. The first-order valence-electron chi connectivity index (χ1n) is 6.82. The van der Waals surface area contributed by atoms with Crippen LogP contribution in [0.25, 0.3) is 0 Å². The number of hydrogen-bond acceptors (Lipinski definition) is 2. The van der Waals surface area contributed by atoms with E-state index in [4.69, 9.17) is 0 Å². The molecular formula is C14H26N2Y-2. The number of rotatable bonds is 4. The third kappa shape index (κ3) is 3.13. The molecule has 5 atom stereocenters. The Balaban J connectivity index is 0.00000144. The van der Waals surface area contributed by atoms with Crippen molar-refractivity contribution in [2.24, 2.45) is 17.8 Å². The molecule has 2 bridgehead atoms. The van der Waals surface area contributed by atoms with Gasteiger partial charge in [-0.05, 0) is 37.4 Å². The smallest absolute Gasteiger partial charge is 0.0208 e. The minimum Gasteiger partial charge on any atom is -0.452 e. The van der Waals surface area contributed by atoms with Crippen LogP contribution in [-0.4, -0.2) is 30.1 Å². The number of hydrogen-bond donors (Lipinski definition) is 1. The summed E-state index contributed by atoms with van der Waals surface area (Å²) < 4.78 is 0. The summed E-state index contributed by atoms with van der Waals surface area (Å²) in [4.78, 5) is 2.59. The van der Waals surface area contributed by atoms with Crippen LogP contribution in [0.5, 0.6) is 0 Å². The summed E-state index contributed by atoms with van der Waals surface area (Å²) in [6.07, 6.45) is 2.39. The van der Waals surface area contributed by atoms with Gasteiger partial charge in [0.25, 0.3) is 0 Å². The Bertz CT molecular complexity index is 232. The maximum absolute atomic E-state index is 4.11. The van der Waals surface area contributed by atoms with E-state index < -0.39 is 0 Å². The fraction of sp³-hybridized carbons (Fsp3) is 0.857. The van der Waals surface area contributed by atoms with Gasteiger partial charge in [-0.15, -0.1) is 0 Å².